The third-order valence-corrected chi connectivity index (χ3v) is 4.20. The number of carbonyl (C=O) groups excluding carboxylic acids is 1. The molecule has 2 aromatic carbocycles. The van der Waals surface area contributed by atoms with Gasteiger partial charge in [0.25, 0.3) is 0 Å². The third kappa shape index (κ3) is 5.05. The first kappa shape index (κ1) is 16.3. The fourth-order valence-electron chi connectivity index (χ4n) is 1.93. The first-order valence-electron chi connectivity index (χ1n) is 6.47. The van der Waals surface area contributed by atoms with Gasteiger partial charge in [-0.25, -0.2) is 8.42 Å². The number of amides is 1. The van der Waals surface area contributed by atoms with Crippen LogP contribution in [0.5, 0.6) is 0 Å². The van der Waals surface area contributed by atoms with Gasteiger partial charge in [-0.15, -0.1) is 0 Å². The maximum atomic E-state index is 12.2. The normalized spacial score (nSPS) is 11.0. The predicted molar refractivity (Wildman–Crippen MR) is 88.4 cm³/mol. The van der Waals surface area contributed by atoms with Crippen molar-refractivity contribution in [2.24, 2.45) is 0 Å². The highest BCUT2D eigenvalue weighted by atomic mass is 35.5. The topological polar surface area (TPSA) is 75.3 Å². The summed E-state index contributed by atoms with van der Waals surface area (Å²) in [7, 11) is -3.57. The number of anilines is 2. The van der Waals surface area contributed by atoms with E-state index in [1.54, 1.807) is 48.5 Å². The van der Waals surface area contributed by atoms with Crippen molar-refractivity contribution in [1.29, 1.82) is 0 Å². The van der Waals surface area contributed by atoms with E-state index >= 15 is 0 Å². The lowest BCUT2D eigenvalue weighted by atomic mass is 10.2. The van der Waals surface area contributed by atoms with E-state index in [-0.39, 0.29) is 11.7 Å². The first-order chi connectivity index (χ1) is 10.3. The van der Waals surface area contributed by atoms with Gasteiger partial charge in [0.2, 0.25) is 15.9 Å². The van der Waals surface area contributed by atoms with Crippen LogP contribution < -0.4 is 10.0 Å². The standard InChI is InChI=1S/C15H15ClN2O3S/c1-11(19)17-14-6-3-7-15(9-14)18-22(20,21)10-12-4-2-5-13(16)8-12/h2-9,18H,10H2,1H3,(H,17,19). The van der Waals surface area contributed by atoms with Crippen LogP contribution in [0.15, 0.2) is 48.5 Å². The highest BCUT2D eigenvalue weighted by Gasteiger charge is 2.12. The monoisotopic (exact) mass is 338 g/mol. The van der Waals surface area contributed by atoms with Crippen LogP contribution in [0.1, 0.15) is 12.5 Å². The Balaban J connectivity index is 2.13. The van der Waals surface area contributed by atoms with E-state index in [2.05, 4.69) is 10.0 Å². The molecule has 0 spiro atoms. The molecule has 7 heteroatoms. The van der Waals surface area contributed by atoms with Crippen molar-refractivity contribution in [2.45, 2.75) is 12.7 Å². The molecule has 0 aliphatic heterocycles. The van der Waals surface area contributed by atoms with Gasteiger partial charge in [-0.05, 0) is 35.9 Å². The largest absolute Gasteiger partial charge is 0.326 e. The Bertz CT molecular complexity index is 791. The molecule has 0 saturated heterocycles. The predicted octanol–water partition coefficient (Wildman–Crippen LogP) is 3.24. The van der Waals surface area contributed by atoms with E-state index in [9.17, 15) is 13.2 Å². The number of rotatable bonds is 5. The maximum absolute atomic E-state index is 12.2. The Kier molecular flexibility index (Phi) is 5.05. The molecular formula is C15H15ClN2O3S. The first-order valence-corrected chi connectivity index (χ1v) is 8.50. The molecule has 116 valence electrons. The van der Waals surface area contributed by atoms with E-state index in [0.29, 0.717) is 22.0 Å². The van der Waals surface area contributed by atoms with E-state index in [1.807, 2.05) is 0 Å². The van der Waals surface area contributed by atoms with Crippen LogP contribution in [0.25, 0.3) is 0 Å². The minimum absolute atomic E-state index is 0.183. The molecule has 2 rings (SSSR count). The molecule has 2 aromatic rings. The van der Waals surface area contributed by atoms with E-state index in [1.165, 1.54) is 6.92 Å². The van der Waals surface area contributed by atoms with Gasteiger partial charge < -0.3 is 5.32 Å². The minimum atomic E-state index is -3.57. The number of benzene rings is 2. The molecule has 1 amide bonds. The number of hydrogen-bond donors (Lipinski definition) is 2. The summed E-state index contributed by atoms with van der Waals surface area (Å²) in [6, 6.07) is 13.2. The third-order valence-electron chi connectivity index (χ3n) is 2.70. The molecule has 0 atom stereocenters. The summed E-state index contributed by atoms with van der Waals surface area (Å²) < 4.78 is 26.8. The number of nitrogens with one attached hydrogen (secondary N) is 2. The summed E-state index contributed by atoms with van der Waals surface area (Å²) >= 11 is 5.85. The summed E-state index contributed by atoms with van der Waals surface area (Å²) in [5.74, 6) is -0.406. The molecule has 0 aromatic heterocycles. The smallest absolute Gasteiger partial charge is 0.236 e. The summed E-state index contributed by atoms with van der Waals surface area (Å²) in [5.41, 5.74) is 1.50. The maximum Gasteiger partial charge on any atom is 0.236 e. The van der Waals surface area contributed by atoms with Crippen LogP contribution in [-0.2, 0) is 20.6 Å². The summed E-state index contributed by atoms with van der Waals surface area (Å²) in [5, 5.41) is 3.08. The van der Waals surface area contributed by atoms with Crippen LogP contribution >= 0.6 is 11.6 Å². The Morgan fingerprint density at radius 2 is 1.77 bits per heavy atom. The summed E-state index contributed by atoms with van der Waals surface area (Å²) in [6.07, 6.45) is 0. The molecular weight excluding hydrogens is 324 g/mol. The van der Waals surface area contributed by atoms with Crippen LogP contribution in [0, 0.1) is 0 Å². The van der Waals surface area contributed by atoms with Gasteiger partial charge in [0.05, 0.1) is 11.4 Å². The van der Waals surface area contributed by atoms with Gasteiger partial charge >= 0.3 is 0 Å². The zero-order valence-electron chi connectivity index (χ0n) is 11.8. The lowest BCUT2D eigenvalue weighted by molar-refractivity contribution is -0.114. The molecule has 0 saturated carbocycles. The van der Waals surface area contributed by atoms with Gasteiger partial charge in [-0.1, -0.05) is 29.8 Å². The van der Waals surface area contributed by atoms with E-state index < -0.39 is 10.0 Å². The average Bonchev–Trinajstić information content (AvgIpc) is 2.36. The Morgan fingerprint density at radius 1 is 1.09 bits per heavy atom. The van der Waals surface area contributed by atoms with Crippen molar-refractivity contribution in [3.05, 3.63) is 59.1 Å². The van der Waals surface area contributed by atoms with Crippen molar-refractivity contribution in [3.8, 4) is 0 Å². The molecule has 5 nitrogen and oxygen atoms in total. The molecule has 2 N–H and O–H groups in total. The fourth-order valence-corrected chi connectivity index (χ4v) is 3.32. The van der Waals surface area contributed by atoms with Gasteiger partial charge in [0, 0.05) is 17.6 Å². The second kappa shape index (κ2) is 6.81. The van der Waals surface area contributed by atoms with Crippen LogP contribution in [-0.4, -0.2) is 14.3 Å². The molecule has 0 heterocycles. The second-order valence-electron chi connectivity index (χ2n) is 4.75. The molecule has 0 fully saturated rings. The van der Waals surface area contributed by atoms with Gasteiger partial charge in [-0.3, -0.25) is 9.52 Å². The lowest BCUT2D eigenvalue weighted by Gasteiger charge is -2.10. The SMILES string of the molecule is CC(=O)Nc1cccc(NS(=O)(=O)Cc2cccc(Cl)c2)c1. The second-order valence-corrected chi connectivity index (χ2v) is 6.91. The van der Waals surface area contributed by atoms with Crippen molar-refractivity contribution in [3.63, 3.8) is 0 Å². The molecule has 0 aliphatic rings. The fraction of sp³-hybridized carbons (Fsp3) is 0.133. The van der Waals surface area contributed by atoms with Crippen molar-refractivity contribution in [2.75, 3.05) is 10.0 Å². The van der Waals surface area contributed by atoms with Gasteiger partial charge in [0.15, 0.2) is 0 Å². The van der Waals surface area contributed by atoms with Crippen molar-refractivity contribution < 1.29 is 13.2 Å². The molecule has 0 unspecified atom stereocenters. The quantitative estimate of drug-likeness (QED) is 0.878. The summed E-state index contributed by atoms with van der Waals surface area (Å²) in [6.45, 7) is 1.38. The molecule has 0 aliphatic carbocycles. The zero-order chi connectivity index (χ0) is 16.2. The lowest BCUT2D eigenvalue weighted by Crippen LogP contribution is -2.15. The highest BCUT2D eigenvalue weighted by Crippen LogP contribution is 2.19. The number of halogens is 1. The number of sulfonamides is 1. The molecule has 22 heavy (non-hydrogen) atoms. The Hall–Kier alpha value is -2.05. The summed E-state index contributed by atoms with van der Waals surface area (Å²) in [4.78, 5) is 11.0. The Morgan fingerprint density at radius 3 is 2.45 bits per heavy atom. The molecule has 0 radical (unpaired) electrons. The van der Waals surface area contributed by atoms with Crippen LogP contribution in [0.3, 0.4) is 0 Å². The van der Waals surface area contributed by atoms with E-state index in [0.717, 1.165) is 0 Å². The average molecular weight is 339 g/mol. The number of carbonyl (C=O) groups is 1. The minimum Gasteiger partial charge on any atom is -0.326 e. The van der Waals surface area contributed by atoms with E-state index in [4.69, 9.17) is 11.6 Å². The molecule has 0 bridgehead atoms. The number of hydrogen-bond acceptors (Lipinski definition) is 3. The zero-order valence-corrected chi connectivity index (χ0v) is 13.4. The van der Waals surface area contributed by atoms with Crippen molar-refractivity contribution in [1.82, 2.24) is 0 Å². The van der Waals surface area contributed by atoms with Crippen LogP contribution in [0.4, 0.5) is 11.4 Å². The van der Waals surface area contributed by atoms with Crippen LogP contribution in [0.2, 0.25) is 5.02 Å². The Labute approximate surface area is 134 Å². The van der Waals surface area contributed by atoms with Gasteiger partial charge in [0.1, 0.15) is 0 Å². The highest BCUT2D eigenvalue weighted by molar-refractivity contribution is 7.91. The van der Waals surface area contributed by atoms with Crippen molar-refractivity contribution >= 4 is 38.9 Å². The van der Waals surface area contributed by atoms with Gasteiger partial charge in [-0.2, -0.15) is 0 Å².